The van der Waals surface area contributed by atoms with E-state index in [4.69, 9.17) is 4.74 Å². The number of hydrogen-bond donors (Lipinski definition) is 1. The van der Waals surface area contributed by atoms with Crippen LogP contribution in [0.4, 0.5) is 0 Å². The Kier molecular flexibility index (Phi) is 4.72. The number of hydrogen-bond acceptors (Lipinski definition) is 4. The zero-order chi connectivity index (χ0) is 13.8. The van der Waals surface area contributed by atoms with Crippen LogP contribution in [0.3, 0.4) is 0 Å². The van der Waals surface area contributed by atoms with Gasteiger partial charge in [-0.2, -0.15) is 0 Å². The van der Waals surface area contributed by atoms with E-state index in [-0.39, 0.29) is 13.0 Å². The van der Waals surface area contributed by atoms with Gasteiger partial charge in [0.2, 0.25) is 15.9 Å². The number of sulfonamides is 1. The molecule has 0 radical (unpaired) electrons. The fraction of sp³-hybridized carbons (Fsp3) is 0.417. The van der Waals surface area contributed by atoms with Gasteiger partial charge >= 0.3 is 0 Å². The number of ether oxygens (including phenoxy) is 1. The Hall–Kier alpha value is -1.56. The Balaban J connectivity index is 2.47. The van der Waals surface area contributed by atoms with Crippen molar-refractivity contribution in [1.82, 2.24) is 4.72 Å². The van der Waals surface area contributed by atoms with Crippen LogP contribution < -0.4 is 9.46 Å². The van der Waals surface area contributed by atoms with E-state index in [1.165, 1.54) is 0 Å². The Bertz CT molecular complexity index is 537. The molecule has 0 heterocycles. The van der Waals surface area contributed by atoms with Crippen molar-refractivity contribution in [2.45, 2.75) is 20.3 Å². The van der Waals surface area contributed by atoms with E-state index in [9.17, 15) is 13.2 Å². The van der Waals surface area contributed by atoms with Gasteiger partial charge in [-0.3, -0.25) is 9.52 Å². The van der Waals surface area contributed by atoms with Crippen LogP contribution in [0.15, 0.2) is 18.2 Å². The molecule has 0 atom stereocenters. The van der Waals surface area contributed by atoms with Gasteiger partial charge in [0.15, 0.2) is 0 Å². The zero-order valence-corrected chi connectivity index (χ0v) is 11.5. The first-order valence-electron chi connectivity index (χ1n) is 5.49. The van der Waals surface area contributed by atoms with E-state index in [0.717, 1.165) is 17.4 Å². The summed E-state index contributed by atoms with van der Waals surface area (Å²) >= 11 is 0. The standard InChI is InChI=1S/C12H17NO4S/c1-9-5-4-6-11(10(9)2)17-8-7-12(14)13-18(3,15)16/h4-6H,7-8H2,1-3H3,(H,13,14). The second-order valence-electron chi connectivity index (χ2n) is 4.09. The van der Waals surface area contributed by atoms with E-state index < -0.39 is 15.9 Å². The maximum atomic E-state index is 11.2. The first kappa shape index (κ1) is 14.5. The van der Waals surface area contributed by atoms with E-state index in [1.54, 1.807) is 0 Å². The molecule has 0 saturated heterocycles. The van der Waals surface area contributed by atoms with Crippen molar-refractivity contribution in [2.75, 3.05) is 12.9 Å². The summed E-state index contributed by atoms with van der Waals surface area (Å²) in [5.74, 6) is 0.143. The number of rotatable bonds is 5. The first-order chi connectivity index (χ1) is 8.29. The number of carbonyl (C=O) groups excluding carboxylic acids is 1. The minimum atomic E-state index is -3.49. The van der Waals surface area contributed by atoms with Crippen molar-refractivity contribution in [2.24, 2.45) is 0 Å². The van der Waals surface area contributed by atoms with Crippen LogP contribution in [-0.4, -0.2) is 27.2 Å². The van der Waals surface area contributed by atoms with Gasteiger partial charge < -0.3 is 4.74 Å². The Morgan fingerprint density at radius 3 is 2.61 bits per heavy atom. The van der Waals surface area contributed by atoms with Crippen molar-refractivity contribution >= 4 is 15.9 Å². The topological polar surface area (TPSA) is 72.5 Å². The molecule has 6 heteroatoms. The SMILES string of the molecule is Cc1cccc(OCCC(=O)NS(C)(=O)=O)c1C. The van der Waals surface area contributed by atoms with Crippen LogP contribution in [0.2, 0.25) is 0 Å². The predicted molar refractivity (Wildman–Crippen MR) is 69.0 cm³/mol. The fourth-order valence-electron chi connectivity index (χ4n) is 1.39. The van der Waals surface area contributed by atoms with Crippen LogP contribution in [0, 0.1) is 13.8 Å². The van der Waals surface area contributed by atoms with Gasteiger partial charge in [-0.25, -0.2) is 8.42 Å². The summed E-state index contributed by atoms with van der Waals surface area (Å²) in [7, 11) is -3.49. The van der Waals surface area contributed by atoms with Crippen LogP contribution >= 0.6 is 0 Å². The highest BCUT2D eigenvalue weighted by molar-refractivity contribution is 7.89. The molecular formula is C12H17NO4S. The van der Waals surface area contributed by atoms with Gasteiger partial charge in [0, 0.05) is 0 Å². The third-order valence-corrected chi connectivity index (χ3v) is 3.04. The average Bonchev–Trinajstić information content (AvgIpc) is 2.21. The smallest absolute Gasteiger partial charge is 0.236 e. The number of nitrogens with one attached hydrogen (secondary N) is 1. The van der Waals surface area contributed by atoms with Gasteiger partial charge in [0.25, 0.3) is 0 Å². The molecule has 1 aromatic carbocycles. The lowest BCUT2D eigenvalue weighted by molar-refractivity contribution is -0.119. The summed E-state index contributed by atoms with van der Waals surface area (Å²) in [5.41, 5.74) is 2.12. The highest BCUT2D eigenvalue weighted by Gasteiger charge is 2.09. The fourth-order valence-corrected chi connectivity index (χ4v) is 1.91. The molecule has 1 aromatic rings. The predicted octanol–water partition coefficient (Wildman–Crippen LogP) is 1.15. The minimum Gasteiger partial charge on any atom is -0.493 e. The lowest BCUT2D eigenvalue weighted by Crippen LogP contribution is -2.30. The van der Waals surface area contributed by atoms with Crippen LogP contribution in [0.5, 0.6) is 5.75 Å². The Morgan fingerprint density at radius 1 is 1.33 bits per heavy atom. The normalized spacial score (nSPS) is 11.1. The molecule has 0 aliphatic heterocycles. The summed E-state index contributed by atoms with van der Waals surface area (Å²) < 4.78 is 28.9. The highest BCUT2D eigenvalue weighted by Crippen LogP contribution is 2.20. The molecule has 1 rings (SSSR count). The molecule has 1 N–H and O–H groups in total. The minimum absolute atomic E-state index is 0.000448. The molecule has 0 aliphatic rings. The number of amides is 1. The summed E-state index contributed by atoms with van der Waals surface area (Å²) in [4.78, 5) is 11.2. The number of carbonyl (C=O) groups is 1. The molecule has 0 aromatic heterocycles. The maximum Gasteiger partial charge on any atom is 0.236 e. The monoisotopic (exact) mass is 271 g/mol. The van der Waals surface area contributed by atoms with Gasteiger partial charge in [-0.1, -0.05) is 12.1 Å². The quantitative estimate of drug-likeness (QED) is 0.872. The molecule has 0 fully saturated rings. The second-order valence-corrected chi connectivity index (χ2v) is 5.84. The number of aryl methyl sites for hydroxylation is 1. The van der Waals surface area contributed by atoms with Gasteiger partial charge in [-0.15, -0.1) is 0 Å². The third kappa shape index (κ3) is 4.75. The van der Waals surface area contributed by atoms with Crippen molar-refractivity contribution in [3.05, 3.63) is 29.3 Å². The van der Waals surface area contributed by atoms with Gasteiger partial charge in [0.1, 0.15) is 5.75 Å². The van der Waals surface area contributed by atoms with Crippen LogP contribution in [0.25, 0.3) is 0 Å². The van der Waals surface area contributed by atoms with Crippen molar-refractivity contribution in [3.63, 3.8) is 0 Å². The maximum absolute atomic E-state index is 11.2. The molecule has 18 heavy (non-hydrogen) atoms. The molecule has 0 aliphatic carbocycles. The van der Waals surface area contributed by atoms with Crippen LogP contribution in [0.1, 0.15) is 17.5 Å². The van der Waals surface area contributed by atoms with E-state index in [2.05, 4.69) is 0 Å². The molecule has 1 amide bonds. The second kappa shape index (κ2) is 5.86. The summed E-state index contributed by atoms with van der Waals surface area (Å²) in [6.07, 6.45) is 0.941. The molecule has 0 unspecified atom stereocenters. The molecule has 0 spiro atoms. The number of benzene rings is 1. The highest BCUT2D eigenvalue weighted by atomic mass is 32.2. The van der Waals surface area contributed by atoms with Crippen molar-refractivity contribution in [1.29, 1.82) is 0 Å². The largest absolute Gasteiger partial charge is 0.493 e. The van der Waals surface area contributed by atoms with E-state index in [1.807, 2.05) is 36.8 Å². The lowest BCUT2D eigenvalue weighted by Gasteiger charge is -2.10. The molecule has 0 bridgehead atoms. The molecule has 0 saturated carbocycles. The summed E-state index contributed by atoms with van der Waals surface area (Å²) in [5, 5.41) is 0. The van der Waals surface area contributed by atoms with Crippen molar-refractivity contribution < 1.29 is 17.9 Å². The lowest BCUT2D eigenvalue weighted by atomic mass is 10.1. The zero-order valence-electron chi connectivity index (χ0n) is 10.7. The molecule has 100 valence electrons. The summed E-state index contributed by atoms with van der Waals surface area (Å²) in [6.45, 7) is 4.05. The Morgan fingerprint density at radius 2 is 2.00 bits per heavy atom. The molecule has 5 nitrogen and oxygen atoms in total. The van der Waals surface area contributed by atoms with E-state index >= 15 is 0 Å². The van der Waals surface area contributed by atoms with Gasteiger partial charge in [0.05, 0.1) is 19.3 Å². The summed E-state index contributed by atoms with van der Waals surface area (Å²) in [6, 6.07) is 5.66. The first-order valence-corrected chi connectivity index (χ1v) is 7.38. The molecular weight excluding hydrogens is 254 g/mol. The van der Waals surface area contributed by atoms with Crippen molar-refractivity contribution in [3.8, 4) is 5.75 Å². The third-order valence-electron chi connectivity index (χ3n) is 2.44. The average molecular weight is 271 g/mol. The van der Waals surface area contributed by atoms with Crippen LogP contribution in [-0.2, 0) is 14.8 Å². The Labute approximate surface area is 107 Å². The van der Waals surface area contributed by atoms with Gasteiger partial charge in [-0.05, 0) is 31.0 Å². The van der Waals surface area contributed by atoms with E-state index in [0.29, 0.717) is 5.75 Å².